The van der Waals surface area contributed by atoms with Crippen LogP contribution in [0.2, 0.25) is 0 Å². The average Bonchev–Trinajstić information content (AvgIpc) is 2.66. The smallest absolute Gasteiger partial charge is 0.252 e. The molecule has 0 bridgehead atoms. The molecule has 4 rings (SSSR count). The highest BCUT2D eigenvalue weighted by molar-refractivity contribution is 6.00. The fraction of sp³-hybridized carbons (Fsp3) is 0.300. The van der Waals surface area contributed by atoms with E-state index in [2.05, 4.69) is 16.7 Å². The molecule has 2 aliphatic heterocycles. The average molecular weight is 336 g/mol. The van der Waals surface area contributed by atoms with Gasteiger partial charge in [-0.25, -0.2) is 0 Å². The largest absolute Gasteiger partial charge is 0.493 e. The standard InChI is InChI=1S/C20H20N2O3/c23-19-16-6-2-1-4-14(16)11-17(22-19)20(24)21-12-13-7-8-18-15(10-13)5-3-9-25-18/h1-2,4,6-8,10,17H,3,5,9,11-12H2,(H,21,24)(H,22,23)/t17-/m1/s1. The summed E-state index contributed by atoms with van der Waals surface area (Å²) in [5.41, 5.74) is 3.80. The molecule has 1 atom stereocenters. The Morgan fingerprint density at radius 3 is 3.00 bits per heavy atom. The predicted octanol–water partition coefficient (Wildman–Crippen LogP) is 1.98. The predicted molar refractivity (Wildman–Crippen MR) is 93.5 cm³/mol. The van der Waals surface area contributed by atoms with Crippen LogP contribution in [-0.2, 0) is 24.2 Å². The number of ether oxygens (including phenoxy) is 1. The van der Waals surface area contributed by atoms with Gasteiger partial charge < -0.3 is 15.4 Å². The first kappa shape index (κ1) is 15.7. The number of hydrogen-bond acceptors (Lipinski definition) is 3. The second kappa shape index (κ2) is 6.59. The lowest BCUT2D eigenvalue weighted by atomic mass is 9.95. The van der Waals surface area contributed by atoms with E-state index in [0.29, 0.717) is 18.5 Å². The Balaban J connectivity index is 1.40. The van der Waals surface area contributed by atoms with Crippen molar-refractivity contribution in [3.63, 3.8) is 0 Å². The van der Waals surface area contributed by atoms with Crippen molar-refractivity contribution >= 4 is 11.8 Å². The van der Waals surface area contributed by atoms with E-state index in [4.69, 9.17) is 4.74 Å². The quantitative estimate of drug-likeness (QED) is 0.901. The fourth-order valence-corrected chi connectivity index (χ4v) is 3.42. The van der Waals surface area contributed by atoms with Crippen molar-refractivity contribution in [2.45, 2.75) is 31.8 Å². The molecule has 2 heterocycles. The lowest BCUT2D eigenvalue weighted by Crippen LogP contribution is -2.50. The summed E-state index contributed by atoms with van der Waals surface area (Å²) >= 11 is 0. The molecule has 128 valence electrons. The van der Waals surface area contributed by atoms with Crippen molar-refractivity contribution in [3.8, 4) is 5.75 Å². The summed E-state index contributed by atoms with van der Waals surface area (Å²) in [6.45, 7) is 1.21. The van der Waals surface area contributed by atoms with Gasteiger partial charge in [-0.15, -0.1) is 0 Å². The number of carbonyl (C=O) groups excluding carboxylic acids is 2. The molecule has 0 saturated heterocycles. The normalized spacial score (nSPS) is 18.4. The van der Waals surface area contributed by atoms with Crippen LogP contribution in [-0.4, -0.2) is 24.5 Å². The topological polar surface area (TPSA) is 67.4 Å². The van der Waals surface area contributed by atoms with Crippen molar-refractivity contribution in [2.24, 2.45) is 0 Å². The molecule has 0 spiro atoms. The molecule has 0 fully saturated rings. The van der Waals surface area contributed by atoms with Crippen LogP contribution in [0.25, 0.3) is 0 Å². The number of nitrogens with one attached hydrogen (secondary N) is 2. The zero-order chi connectivity index (χ0) is 17.2. The molecule has 0 unspecified atom stereocenters. The van der Waals surface area contributed by atoms with E-state index in [0.717, 1.165) is 36.3 Å². The fourth-order valence-electron chi connectivity index (χ4n) is 3.42. The van der Waals surface area contributed by atoms with Gasteiger partial charge in [0.15, 0.2) is 0 Å². The Morgan fingerprint density at radius 1 is 1.20 bits per heavy atom. The maximum Gasteiger partial charge on any atom is 0.252 e. The van der Waals surface area contributed by atoms with Crippen LogP contribution < -0.4 is 15.4 Å². The lowest BCUT2D eigenvalue weighted by molar-refractivity contribution is -0.123. The first-order valence-corrected chi connectivity index (χ1v) is 8.62. The van der Waals surface area contributed by atoms with E-state index >= 15 is 0 Å². The summed E-state index contributed by atoms with van der Waals surface area (Å²) in [5.74, 6) is 0.599. The van der Waals surface area contributed by atoms with Crippen LogP contribution in [0.5, 0.6) is 5.75 Å². The summed E-state index contributed by atoms with van der Waals surface area (Å²) in [4.78, 5) is 24.6. The summed E-state index contributed by atoms with van der Waals surface area (Å²) in [5, 5.41) is 5.72. The summed E-state index contributed by atoms with van der Waals surface area (Å²) < 4.78 is 5.61. The highest BCUT2D eigenvalue weighted by Gasteiger charge is 2.28. The van der Waals surface area contributed by atoms with Gasteiger partial charge in [-0.2, -0.15) is 0 Å². The molecular formula is C20H20N2O3. The van der Waals surface area contributed by atoms with Gasteiger partial charge in [0.05, 0.1) is 6.61 Å². The third kappa shape index (κ3) is 3.22. The van der Waals surface area contributed by atoms with E-state index in [1.54, 1.807) is 6.07 Å². The molecule has 0 radical (unpaired) electrons. The SMILES string of the molecule is O=C1N[C@@H](C(=O)NCc2ccc3c(c2)CCCO3)Cc2ccccc21. The number of amides is 2. The first-order chi connectivity index (χ1) is 12.2. The minimum atomic E-state index is -0.525. The lowest BCUT2D eigenvalue weighted by Gasteiger charge is -2.25. The van der Waals surface area contributed by atoms with Gasteiger partial charge in [0, 0.05) is 18.5 Å². The highest BCUT2D eigenvalue weighted by atomic mass is 16.5. The molecule has 2 aromatic carbocycles. The van der Waals surface area contributed by atoms with Gasteiger partial charge in [-0.05, 0) is 41.7 Å². The molecule has 0 aromatic heterocycles. The Labute approximate surface area is 146 Å². The van der Waals surface area contributed by atoms with Crippen LogP contribution >= 0.6 is 0 Å². The molecule has 2 aromatic rings. The number of carbonyl (C=O) groups is 2. The minimum absolute atomic E-state index is 0.156. The van der Waals surface area contributed by atoms with Crippen molar-refractivity contribution < 1.29 is 14.3 Å². The second-order valence-corrected chi connectivity index (χ2v) is 6.50. The van der Waals surface area contributed by atoms with Crippen molar-refractivity contribution in [3.05, 3.63) is 64.7 Å². The molecule has 2 amide bonds. The van der Waals surface area contributed by atoms with E-state index in [1.807, 2.05) is 30.3 Å². The van der Waals surface area contributed by atoms with Gasteiger partial charge in [-0.3, -0.25) is 9.59 Å². The Bertz CT molecular complexity index is 831. The third-order valence-corrected chi connectivity index (χ3v) is 4.75. The summed E-state index contributed by atoms with van der Waals surface area (Å²) in [6, 6.07) is 12.9. The van der Waals surface area contributed by atoms with Crippen LogP contribution in [0.15, 0.2) is 42.5 Å². The first-order valence-electron chi connectivity index (χ1n) is 8.62. The van der Waals surface area contributed by atoms with Crippen LogP contribution in [0.4, 0.5) is 0 Å². The number of hydrogen-bond donors (Lipinski definition) is 2. The molecule has 0 aliphatic carbocycles. The van der Waals surface area contributed by atoms with Gasteiger partial charge in [-0.1, -0.05) is 30.3 Å². The van der Waals surface area contributed by atoms with Crippen molar-refractivity contribution in [1.82, 2.24) is 10.6 Å². The Morgan fingerprint density at radius 2 is 2.08 bits per heavy atom. The zero-order valence-electron chi connectivity index (χ0n) is 13.9. The van der Waals surface area contributed by atoms with Gasteiger partial charge in [0.1, 0.15) is 11.8 Å². The van der Waals surface area contributed by atoms with E-state index < -0.39 is 6.04 Å². The van der Waals surface area contributed by atoms with E-state index in [-0.39, 0.29) is 11.8 Å². The molecule has 0 saturated carbocycles. The number of fused-ring (bicyclic) bond motifs is 2. The maximum atomic E-state index is 12.5. The molecule has 25 heavy (non-hydrogen) atoms. The molecule has 2 aliphatic rings. The Hall–Kier alpha value is -2.82. The number of aryl methyl sites for hydroxylation is 1. The highest BCUT2D eigenvalue weighted by Crippen LogP contribution is 2.25. The van der Waals surface area contributed by atoms with Gasteiger partial charge >= 0.3 is 0 Å². The third-order valence-electron chi connectivity index (χ3n) is 4.75. The van der Waals surface area contributed by atoms with Gasteiger partial charge in [0.2, 0.25) is 5.91 Å². The molecule has 5 heteroatoms. The van der Waals surface area contributed by atoms with Gasteiger partial charge in [0.25, 0.3) is 5.91 Å². The number of benzene rings is 2. The summed E-state index contributed by atoms with van der Waals surface area (Å²) in [7, 11) is 0. The monoisotopic (exact) mass is 336 g/mol. The number of rotatable bonds is 3. The Kier molecular flexibility index (Phi) is 4.14. The second-order valence-electron chi connectivity index (χ2n) is 6.50. The molecular weight excluding hydrogens is 316 g/mol. The van der Waals surface area contributed by atoms with Crippen LogP contribution in [0, 0.1) is 0 Å². The van der Waals surface area contributed by atoms with E-state index in [1.165, 1.54) is 5.56 Å². The van der Waals surface area contributed by atoms with Crippen molar-refractivity contribution in [1.29, 1.82) is 0 Å². The minimum Gasteiger partial charge on any atom is -0.493 e. The maximum absolute atomic E-state index is 12.5. The summed E-state index contributed by atoms with van der Waals surface area (Å²) in [6.07, 6.45) is 2.55. The molecule has 2 N–H and O–H groups in total. The van der Waals surface area contributed by atoms with Crippen molar-refractivity contribution in [2.75, 3.05) is 6.61 Å². The molecule has 5 nitrogen and oxygen atoms in total. The van der Waals surface area contributed by atoms with Crippen LogP contribution in [0.3, 0.4) is 0 Å². The van der Waals surface area contributed by atoms with E-state index in [9.17, 15) is 9.59 Å². The zero-order valence-corrected chi connectivity index (χ0v) is 13.9. The van der Waals surface area contributed by atoms with Crippen LogP contribution in [0.1, 0.15) is 33.5 Å².